The molecule has 0 atom stereocenters. The minimum atomic E-state index is 0.492. The highest BCUT2D eigenvalue weighted by molar-refractivity contribution is 6.33. The molecule has 0 bridgehead atoms. The molecule has 0 amide bonds. The molecular weight excluding hydrogens is 220 g/mol. The van der Waals surface area contributed by atoms with Gasteiger partial charge in [0, 0.05) is 5.56 Å². The fourth-order valence-electron chi connectivity index (χ4n) is 1.64. The minimum absolute atomic E-state index is 0.492. The summed E-state index contributed by atoms with van der Waals surface area (Å²) in [5, 5.41) is 0.492. The van der Waals surface area contributed by atoms with Gasteiger partial charge in [0.05, 0.1) is 5.02 Å². The zero-order valence-electron chi connectivity index (χ0n) is 8.91. The molecule has 0 saturated carbocycles. The van der Waals surface area contributed by atoms with Crippen LogP contribution in [0.4, 0.5) is 0 Å². The molecule has 0 aliphatic carbocycles. The monoisotopic (exact) mass is 230 g/mol. The first-order chi connectivity index (χ1) is 7.70. The zero-order chi connectivity index (χ0) is 11.5. The van der Waals surface area contributed by atoms with E-state index in [2.05, 4.69) is 6.07 Å². The Kier molecular flexibility index (Phi) is 3.07. The van der Waals surface area contributed by atoms with Gasteiger partial charge < -0.3 is 0 Å². The van der Waals surface area contributed by atoms with Gasteiger partial charge in [-0.2, -0.15) is 0 Å². The lowest BCUT2D eigenvalue weighted by molar-refractivity contribution is 0.112. The van der Waals surface area contributed by atoms with E-state index in [0.717, 1.165) is 17.4 Å². The highest BCUT2D eigenvalue weighted by Gasteiger charge is 2.03. The fraction of sp³-hybridized carbons (Fsp3) is 0.0714. The molecule has 2 aromatic carbocycles. The molecule has 0 aliphatic heterocycles. The summed E-state index contributed by atoms with van der Waals surface area (Å²) in [5.41, 5.74) is 3.83. The number of rotatable bonds is 2. The second-order valence-electron chi connectivity index (χ2n) is 3.72. The van der Waals surface area contributed by atoms with E-state index in [9.17, 15) is 4.79 Å². The Hall–Kier alpha value is -1.60. The molecule has 0 saturated heterocycles. The third kappa shape index (κ3) is 2.15. The van der Waals surface area contributed by atoms with E-state index in [0.29, 0.717) is 10.6 Å². The van der Waals surface area contributed by atoms with Crippen LogP contribution in [0.3, 0.4) is 0 Å². The number of hydrogen-bond acceptors (Lipinski definition) is 1. The first kappa shape index (κ1) is 10.9. The summed E-state index contributed by atoms with van der Waals surface area (Å²) in [6.07, 6.45) is 0.779. The van der Waals surface area contributed by atoms with Crippen LogP contribution in [0, 0.1) is 6.92 Å². The predicted octanol–water partition coefficient (Wildman–Crippen LogP) is 4.13. The van der Waals surface area contributed by atoms with Crippen molar-refractivity contribution in [2.24, 2.45) is 0 Å². The zero-order valence-corrected chi connectivity index (χ0v) is 9.66. The molecule has 0 aromatic heterocycles. The maximum Gasteiger partial charge on any atom is 0.151 e. The Morgan fingerprint density at radius 3 is 2.50 bits per heavy atom. The average Bonchev–Trinajstić information content (AvgIpc) is 2.29. The van der Waals surface area contributed by atoms with Crippen molar-refractivity contribution in [2.45, 2.75) is 6.92 Å². The molecule has 0 aliphatic rings. The van der Waals surface area contributed by atoms with Gasteiger partial charge >= 0.3 is 0 Å². The van der Waals surface area contributed by atoms with Crippen LogP contribution < -0.4 is 0 Å². The van der Waals surface area contributed by atoms with E-state index in [1.54, 1.807) is 6.07 Å². The van der Waals surface area contributed by atoms with E-state index in [-0.39, 0.29) is 0 Å². The van der Waals surface area contributed by atoms with Crippen LogP contribution in [-0.2, 0) is 0 Å². The number of aldehydes is 1. The lowest BCUT2D eigenvalue weighted by atomic mass is 10.0. The van der Waals surface area contributed by atoms with Gasteiger partial charge in [-0.05, 0) is 30.2 Å². The van der Waals surface area contributed by atoms with Crippen molar-refractivity contribution in [2.75, 3.05) is 0 Å². The van der Waals surface area contributed by atoms with Crippen LogP contribution in [-0.4, -0.2) is 6.29 Å². The summed E-state index contributed by atoms with van der Waals surface area (Å²) in [6, 6.07) is 13.6. The summed E-state index contributed by atoms with van der Waals surface area (Å²) in [4.78, 5) is 10.8. The standard InChI is InChI=1S/C14H11ClO/c1-10-3-2-4-11(7-10)12-5-6-14(15)13(8-12)9-16/h2-9H,1H3. The van der Waals surface area contributed by atoms with Crippen LogP contribution in [0.2, 0.25) is 5.02 Å². The summed E-state index contributed by atoms with van der Waals surface area (Å²) < 4.78 is 0. The van der Waals surface area contributed by atoms with Gasteiger partial charge in [-0.15, -0.1) is 0 Å². The van der Waals surface area contributed by atoms with Crippen LogP contribution >= 0.6 is 11.6 Å². The van der Waals surface area contributed by atoms with Crippen LogP contribution in [0.15, 0.2) is 42.5 Å². The molecule has 2 heteroatoms. The van der Waals surface area contributed by atoms with E-state index < -0.39 is 0 Å². The molecule has 80 valence electrons. The Morgan fingerprint density at radius 2 is 1.81 bits per heavy atom. The van der Waals surface area contributed by atoms with Crippen molar-refractivity contribution >= 4 is 17.9 Å². The van der Waals surface area contributed by atoms with Crippen molar-refractivity contribution in [3.63, 3.8) is 0 Å². The van der Waals surface area contributed by atoms with Gasteiger partial charge in [-0.25, -0.2) is 0 Å². The van der Waals surface area contributed by atoms with Gasteiger partial charge in [0.2, 0.25) is 0 Å². The molecule has 2 rings (SSSR count). The molecule has 0 radical (unpaired) electrons. The van der Waals surface area contributed by atoms with Crippen molar-refractivity contribution in [3.05, 3.63) is 58.6 Å². The van der Waals surface area contributed by atoms with E-state index in [1.165, 1.54) is 5.56 Å². The van der Waals surface area contributed by atoms with E-state index >= 15 is 0 Å². The summed E-state index contributed by atoms with van der Waals surface area (Å²) in [6.45, 7) is 2.04. The molecule has 16 heavy (non-hydrogen) atoms. The molecule has 0 fully saturated rings. The van der Waals surface area contributed by atoms with Crippen LogP contribution in [0.25, 0.3) is 11.1 Å². The third-order valence-electron chi connectivity index (χ3n) is 2.47. The largest absolute Gasteiger partial charge is 0.298 e. The van der Waals surface area contributed by atoms with Gasteiger partial charge in [0.15, 0.2) is 6.29 Å². The molecule has 0 spiro atoms. The lowest BCUT2D eigenvalue weighted by Crippen LogP contribution is -1.85. The van der Waals surface area contributed by atoms with Crippen LogP contribution in [0.1, 0.15) is 15.9 Å². The maximum absolute atomic E-state index is 10.8. The Bertz CT molecular complexity index is 532. The third-order valence-corrected chi connectivity index (χ3v) is 2.82. The summed E-state index contributed by atoms with van der Waals surface area (Å²) in [7, 11) is 0. The first-order valence-electron chi connectivity index (χ1n) is 5.02. The maximum atomic E-state index is 10.8. The molecule has 0 N–H and O–H groups in total. The number of halogens is 1. The van der Waals surface area contributed by atoms with Crippen molar-refractivity contribution in [3.8, 4) is 11.1 Å². The quantitative estimate of drug-likeness (QED) is 0.709. The van der Waals surface area contributed by atoms with E-state index in [1.807, 2.05) is 37.3 Å². The smallest absolute Gasteiger partial charge is 0.151 e. The molecular formula is C14H11ClO. The molecule has 1 nitrogen and oxygen atoms in total. The number of benzene rings is 2. The second-order valence-corrected chi connectivity index (χ2v) is 4.13. The Labute approximate surface area is 99.7 Å². The highest BCUT2D eigenvalue weighted by atomic mass is 35.5. The van der Waals surface area contributed by atoms with Crippen molar-refractivity contribution in [1.29, 1.82) is 0 Å². The molecule has 0 unspecified atom stereocenters. The molecule has 2 aromatic rings. The summed E-state index contributed by atoms with van der Waals surface area (Å²) in [5.74, 6) is 0. The Balaban J connectivity index is 2.52. The lowest BCUT2D eigenvalue weighted by Gasteiger charge is -2.04. The van der Waals surface area contributed by atoms with Crippen molar-refractivity contribution in [1.82, 2.24) is 0 Å². The second kappa shape index (κ2) is 4.50. The van der Waals surface area contributed by atoms with Crippen LogP contribution in [0.5, 0.6) is 0 Å². The topological polar surface area (TPSA) is 17.1 Å². The van der Waals surface area contributed by atoms with Gasteiger partial charge in [-0.1, -0.05) is 47.5 Å². The first-order valence-corrected chi connectivity index (χ1v) is 5.40. The van der Waals surface area contributed by atoms with E-state index in [4.69, 9.17) is 11.6 Å². The van der Waals surface area contributed by atoms with Gasteiger partial charge in [-0.3, -0.25) is 4.79 Å². The SMILES string of the molecule is Cc1cccc(-c2ccc(Cl)c(C=O)c2)c1. The fourth-order valence-corrected chi connectivity index (χ4v) is 1.80. The number of carbonyl (C=O) groups is 1. The normalized spacial score (nSPS) is 10.1. The highest BCUT2D eigenvalue weighted by Crippen LogP contribution is 2.24. The van der Waals surface area contributed by atoms with Gasteiger partial charge in [0.1, 0.15) is 0 Å². The summed E-state index contributed by atoms with van der Waals surface area (Å²) >= 11 is 5.88. The van der Waals surface area contributed by atoms with Crippen molar-refractivity contribution < 1.29 is 4.79 Å². The number of hydrogen-bond donors (Lipinski definition) is 0. The average molecular weight is 231 g/mol. The number of carbonyl (C=O) groups excluding carboxylic acids is 1. The van der Waals surface area contributed by atoms with Gasteiger partial charge in [0.25, 0.3) is 0 Å². The predicted molar refractivity (Wildman–Crippen MR) is 67.0 cm³/mol. The Morgan fingerprint density at radius 1 is 1.06 bits per heavy atom. The number of aryl methyl sites for hydroxylation is 1. The molecule has 0 heterocycles. The minimum Gasteiger partial charge on any atom is -0.298 e.